The summed E-state index contributed by atoms with van der Waals surface area (Å²) >= 11 is 10.1. The Morgan fingerprint density at radius 3 is 2.61 bits per heavy atom. The Bertz CT molecular complexity index is 995. The number of fused-ring (bicyclic) bond motifs is 2. The molecule has 2 fully saturated rings. The predicted octanol–water partition coefficient (Wildman–Crippen LogP) is 5.44. The number of pyridine rings is 1. The van der Waals surface area contributed by atoms with Crippen LogP contribution in [0.5, 0.6) is 0 Å². The van der Waals surface area contributed by atoms with Gasteiger partial charge in [-0.15, -0.1) is 0 Å². The minimum absolute atomic E-state index is 0.188. The van der Waals surface area contributed by atoms with Crippen molar-refractivity contribution in [3.63, 3.8) is 0 Å². The maximum atomic E-state index is 10.3. The van der Waals surface area contributed by atoms with Gasteiger partial charge in [0, 0.05) is 60.5 Å². The summed E-state index contributed by atoms with van der Waals surface area (Å²) in [4.78, 5) is 12.7. The van der Waals surface area contributed by atoms with Crippen molar-refractivity contribution in [2.75, 3.05) is 32.7 Å². The van der Waals surface area contributed by atoms with Crippen molar-refractivity contribution in [2.45, 2.75) is 76.8 Å². The summed E-state index contributed by atoms with van der Waals surface area (Å²) in [6.45, 7) is 9.44. The van der Waals surface area contributed by atoms with Gasteiger partial charge in [0.25, 0.3) is 0 Å². The molecule has 1 aromatic heterocycles. The van der Waals surface area contributed by atoms with Gasteiger partial charge in [-0.3, -0.25) is 14.8 Å². The molecule has 0 spiro atoms. The lowest BCUT2D eigenvalue weighted by molar-refractivity contribution is 0.0413. The zero-order valence-corrected chi connectivity index (χ0v) is 24.0. The van der Waals surface area contributed by atoms with E-state index in [1.165, 1.54) is 54.5 Å². The first-order valence-corrected chi connectivity index (χ1v) is 15.0. The number of likely N-dealkylation sites (tertiary alicyclic amines) is 1. The Hall–Kier alpha value is -0.955. The summed E-state index contributed by atoms with van der Waals surface area (Å²) in [5.41, 5.74) is 5.29. The minimum Gasteiger partial charge on any atom is -0.437 e. The van der Waals surface area contributed by atoms with E-state index in [-0.39, 0.29) is 13.1 Å². The third-order valence-electron chi connectivity index (χ3n) is 8.60. The van der Waals surface area contributed by atoms with Gasteiger partial charge in [0.05, 0.1) is 11.7 Å². The van der Waals surface area contributed by atoms with Crippen LogP contribution in [0.4, 0.5) is 0 Å². The topological polar surface area (TPSA) is 42.8 Å². The molecule has 0 saturated carbocycles. The number of hydrogen-bond donors (Lipinski definition) is 1. The number of hydrogen-bond acceptors (Lipinski definition) is 5. The van der Waals surface area contributed by atoms with E-state index < -0.39 is 0 Å². The van der Waals surface area contributed by atoms with E-state index in [1.54, 1.807) is 0 Å². The van der Waals surface area contributed by atoms with Crippen LogP contribution in [0.15, 0.2) is 34.9 Å². The standard InChI is InChI=1S/C28H39BBrClN4O/c1-3-4-5-25-19-34(14-15-35(25)29(2)36)24-10-12-33(13-11-24)28-26-9-8-23(31)17-20(26)6-7-21-16-22(30)18-32-27(21)28/h8-9,16-18,24-25,28,36H,3-7,10-15,19H2,1-2H3/t25-,28?/m0/s1. The molecule has 1 N–H and O–H groups in total. The van der Waals surface area contributed by atoms with Crippen LogP contribution in [0.2, 0.25) is 11.8 Å². The lowest BCUT2D eigenvalue weighted by Gasteiger charge is -2.48. The van der Waals surface area contributed by atoms with E-state index >= 15 is 0 Å². The first-order chi connectivity index (χ1) is 17.4. The fourth-order valence-electron chi connectivity index (χ4n) is 6.71. The van der Waals surface area contributed by atoms with Gasteiger partial charge in [-0.2, -0.15) is 0 Å². The van der Waals surface area contributed by atoms with Crippen molar-refractivity contribution in [3.05, 3.63) is 62.3 Å². The number of aromatic nitrogens is 1. The lowest BCUT2D eigenvalue weighted by atomic mass is 9.80. The highest BCUT2D eigenvalue weighted by Gasteiger charge is 2.37. The van der Waals surface area contributed by atoms with Crippen LogP contribution >= 0.6 is 27.5 Å². The number of benzene rings is 1. The third kappa shape index (κ3) is 5.72. The highest BCUT2D eigenvalue weighted by molar-refractivity contribution is 9.10. The van der Waals surface area contributed by atoms with E-state index in [0.29, 0.717) is 12.1 Å². The smallest absolute Gasteiger partial charge is 0.376 e. The van der Waals surface area contributed by atoms with Gasteiger partial charge in [0.15, 0.2) is 0 Å². The number of unbranched alkanes of at least 4 members (excludes halogenated alkanes) is 1. The van der Waals surface area contributed by atoms with Crippen molar-refractivity contribution >= 4 is 34.6 Å². The Labute approximate surface area is 230 Å². The number of piperidine rings is 1. The van der Waals surface area contributed by atoms with Crippen LogP contribution in [0.1, 0.15) is 67.5 Å². The highest BCUT2D eigenvalue weighted by Crippen LogP contribution is 2.39. The monoisotopic (exact) mass is 572 g/mol. The fraction of sp³-hybridized carbons (Fsp3) is 0.607. The van der Waals surface area contributed by atoms with Gasteiger partial charge in [0.1, 0.15) is 0 Å². The Morgan fingerprint density at radius 2 is 1.86 bits per heavy atom. The summed E-state index contributed by atoms with van der Waals surface area (Å²) in [6.07, 6.45) is 9.93. The number of nitrogens with zero attached hydrogens (tertiary/aromatic N) is 4. The Balaban J connectivity index is 1.32. The summed E-state index contributed by atoms with van der Waals surface area (Å²) in [5, 5.41) is 11.1. The summed E-state index contributed by atoms with van der Waals surface area (Å²) in [6, 6.07) is 9.97. The van der Waals surface area contributed by atoms with Crippen molar-refractivity contribution < 1.29 is 5.02 Å². The van der Waals surface area contributed by atoms with E-state index in [0.717, 1.165) is 55.1 Å². The van der Waals surface area contributed by atoms with E-state index in [9.17, 15) is 5.02 Å². The van der Waals surface area contributed by atoms with Crippen molar-refractivity contribution in [3.8, 4) is 0 Å². The maximum Gasteiger partial charge on any atom is 0.376 e. The molecule has 1 aromatic carbocycles. The molecular weight excluding hydrogens is 535 g/mol. The maximum absolute atomic E-state index is 10.3. The number of rotatable bonds is 6. The van der Waals surface area contributed by atoms with Crippen LogP contribution in [-0.4, -0.2) is 76.5 Å². The Morgan fingerprint density at radius 1 is 1.08 bits per heavy atom. The second-order valence-corrected chi connectivity index (χ2v) is 12.2. The third-order valence-corrected chi connectivity index (χ3v) is 9.27. The number of piperazine rings is 1. The molecule has 2 aromatic rings. The van der Waals surface area contributed by atoms with Gasteiger partial charge in [0.2, 0.25) is 0 Å². The molecule has 1 aliphatic carbocycles. The molecule has 2 saturated heterocycles. The molecule has 0 amide bonds. The minimum atomic E-state index is -0.354. The van der Waals surface area contributed by atoms with Crippen LogP contribution in [0, 0.1) is 0 Å². The van der Waals surface area contributed by atoms with Gasteiger partial charge >= 0.3 is 7.05 Å². The molecule has 8 heteroatoms. The largest absolute Gasteiger partial charge is 0.437 e. The van der Waals surface area contributed by atoms with Crippen LogP contribution in [-0.2, 0) is 12.8 Å². The van der Waals surface area contributed by atoms with Crippen LogP contribution in [0.25, 0.3) is 0 Å². The zero-order chi connectivity index (χ0) is 25.2. The molecule has 3 aliphatic rings. The molecule has 1 unspecified atom stereocenters. The van der Waals surface area contributed by atoms with E-state index in [1.807, 2.05) is 19.1 Å². The average Bonchev–Trinajstić information content (AvgIpc) is 3.03. The molecule has 5 nitrogen and oxygen atoms in total. The van der Waals surface area contributed by atoms with Gasteiger partial charge in [-0.25, -0.2) is 0 Å². The normalized spacial score (nSPS) is 24.2. The second-order valence-electron chi connectivity index (χ2n) is 10.9. The summed E-state index contributed by atoms with van der Waals surface area (Å²) in [7, 11) is -0.354. The first kappa shape index (κ1) is 26.6. The molecule has 5 rings (SSSR count). The van der Waals surface area contributed by atoms with E-state index in [4.69, 9.17) is 16.6 Å². The van der Waals surface area contributed by atoms with Crippen molar-refractivity contribution in [2.24, 2.45) is 0 Å². The fourth-order valence-corrected chi connectivity index (χ4v) is 7.28. The summed E-state index contributed by atoms with van der Waals surface area (Å²) < 4.78 is 1.05. The second kappa shape index (κ2) is 11.8. The quantitative estimate of drug-likeness (QED) is 0.467. The zero-order valence-electron chi connectivity index (χ0n) is 21.7. The molecular formula is C28H39BBrClN4O. The molecule has 0 radical (unpaired) electrons. The van der Waals surface area contributed by atoms with Gasteiger partial charge < -0.3 is 9.83 Å². The molecule has 3 heterocycles. The SMILES string of the molecule is CCCC[C@H]1CN(C2CCN(C3c4ccc(Cl)cc4CCc4cc(Br)cnc43)CC2)CCN1B(C)O. The highest BCUT2D eigenvalue weighted by atomic mass is 79.9. The molecule has 194 valence electrons. The van der Waals surface area contributed by atoms with Crippen LogP contribution in [0.3, 0.4) is 0 Å². The number of halogens is 2. The molecule has 0 bridgehead atoms. The van der Waals surface area contributed by atoms with Gasteiger partial charge in [-0.05, 0) is 89.7 Å². The van der Waals surface area contributed by atoms with Crippen molar-refractivity contribution in [1.82, 2.24) is 19.6 Å². The molecule has 2 aliphatic heterocycles. The number of aryl methyl sites for hydroxylation is 2. The average molecular weight is 574 g/mol. The molecule has 2 atom stereocenters. The Kier molecular flexibility index (Phi) is 8.76. The van der Waals surface area contributed by atoms with Gasteiger partial charge in [-0.1, -0.05) is 37.4 Å². The molecule has 36 heavy (non-hydrogen) atoms. The predicted molar refractivity (Wildman–Crippen MR) is 153 cm³/mol. The van der Waals surface area contributed by atoms with Crippen LogP contribution < -0.4 is 0 Å². The summed E-state index contributed by atoms with van der Waals surface area (Å²) in [5.74, 6) is 0. The first-order valence-electron chi connectivity index (χ1n) is 13.8. The van der Waals surface area contributed by atoms with E-state index in [2.05, 4.69) is 55.7 Å². The lowest BCUT2D eigenvalue weighted by Crippen LogP contribution is -2.60. The van der Waals surface area contributed by atoms with Crippen molar-refractivity contribution in [1.29, 1.82) is 0 Å².